The van der Waals surface area contributed by atoms with Crippen LogP contribution in [0.5, 0.6) is 0 Å². The lowest BCUT2D eigenvalue weighted by atomic mass is 10.0. The van der Waals surface area contributed by atoms with Crippen LogP contribution in [0.3, 0.4) is 0 Å². The second kappa shape index (κ2) is 13.2. The van der Waals surface area contributed by atoms with Gasteiger partial charge < -0.3 is 10.2 Å². The number of hydrogen-bond donors (Lipinski definition) is 1. The first kappa shape index (κ1) is 25.9. The smallest absolute Gasteiger partial charge is 0.242 e. The molecule has 6 heteroatoms. The highest BCUT2D eigenvalue weighted by molar-refractivity contribution is 7.99. The van der Waals surface area contributed by atoms with Crippen molar-refractivity contribution in [1.82, 2.24) is 10.2 Å². The average molecular weight is 495 g/mol. The third-order valence-electron chi connectivity index (χ3n) is 5.74. The molecule has 178 valence electrons. The fourth-order valence-electron chi connectivity index (χ4n) is 3.78. The summed E-state index contributed by atoms with van der Waals surface area (Å²) >= 11 is 7.66. The van der Waals surface area contributed by atoms with Gasteiger partial charge in [-0.25, -0.2) is 0 Å². The van der Waals surface area contributed by atoms with E-state index < -0.39 is 6.04 Å². The zero-order valence-corrected chi connectivity index (χ0v) is 21.2. The van der Waals surface area contributed by atoms with E-state index in [1.807, 2.05) is 85.8 Å². The second-order valence-corrected chi connectivity index (χ2v) is 9.78. The quantitative estimate of drug-likeness (QED) is 0.266. The maximum atomic E-state index is 13.5. The monoisotopic (exact) mass is 494 g/mol. The fraction of sp³-hybridized carbons (Fsp3) is 0.286. The number of hydrogen-bond acceptors (Lipinski definition) is 3. The molecule has 0 fully saturated rings. The van der Waals surface area contributed by atoms with Gasteiger partial charge in [0.25, 0.3) is 0 Å². The Morgan fingerprint density at radius 3 is 2.32 bits per heavy atom. The summed E-state index contributed by atoms with van der Waals surface area (Å²) < 4.78 is 0. The van der Waals surface area contributed by atoms with Gasteiger partial charge in [0.2, 0.25) is 11.8 Å². The van der Waals surface area contributed by atoms with Gasteiger partial charge in [-0.3, -0.25) is 9.59 Å². The number of nitrogens with zero attached hydrogens (tertiary/aromatic N) is 1. The van der Waals surface area contributed by atoms with Crippen molar-refractivity contribution in [1.29, 1.82) is 0 Å². The number of carbonyl (C=O) groups excluding carboxylic acids is 2. The number of halogens is 1. The third-order valence-corrected chi connectivity index (χ3v) is 7.09. The lowest BCUT2D eigenvalue weighted by molar-refractivity contribution is -0.141. The fourth-order valence-corrected chi connectivity index (χ4v) is 4.76. The van der Waals surface area contributed by atoms with Crippen molar-refractivity contribution < 1.29 is 9.59 Å². The Bertz CT molecular complexity index is 1070. The molecule has 0 radical (unpaired) electrons. The van der Waals surface area contributed by atoms with Gasteiger partial charge >= 0.3 is 0 Å². The molecule has 0 aromatic heterocycles. The van der Waals surface area contributed by atoms with Crippen LogP contribution >= 0.6 is 23.4 Å². The molecule has 2 amide bonds. The van der Waals surface area contributed by atoms with Crippen LogP contribution in [0.1, 0.15) is 29.5 Å². The van der Waals surface area contributed by atoms with E-state index in [2.05, 4.69) is 5.32 Å². The Labute approximate surface area is 211 Å². The lowest BCUT2D eigenvalue weighted by Gasteiger charge is -2.31. The Morgan fingerprint density at radius 2 is 1.65 bits per heavy atom. The van der Waals surface area contributed by atoms with Crippen LogP contribution in [0, 0.1) is 6.92 Å². The van der Waals surface area contributed by atoms with Crippen molar-refractivity contribution in [3.8, 4) is 0 Å². The van der Waals surface area contributed by atoms with Crippen molar-refractivity contribution in [3.05, 3.63) is 101 Å². The molecule has 0 saturated heterocycles. The molecule has 0 saturated carbocycles. The second-order valence-electron chi connectivity index (χ2n) is 8.17. The summed E-state index contributed by atoms with van der Waals surface area (Å²) in [4.78, 5) is 29.3. The Kier molecular flexibility index (Phi) is 10.0. The van der Waals surface area contributed by atoms with Gasteiger partial charge in [0, 0.05) is 36.4 Å². The highest BCUT2D eigenvalue weighted by Gasteiger charge is 2.29. The van der Waals surface area contributed by atoms with Gasteiger partial charge in [-0.05, 0) is 60.1 Å². The molecule has 4 nitrogen and oxygen atoms in total. The third kappa shape index (κ3) is 7.64. The molecule has 0 aliphatic rings. The van der Waals surface area contributed by atoms with Crippen LogP contribution in [0.2, 0.25) is 5.02 Å². The minimum absolute atomic E-state index is 0.00973. The maximum absolute atomic E-state index is 13.5. The predicted molar refractivity (Wildman–Crippen MR) is 141 cm³/mol. The van der Waals surface area contributed by atoms with Crippen molar-refractivity contribution in [2.24, 2.45) is 0 Å². The van der Waals surface area contributed by atoms with Gasteiger partial charge in [-0.15, -0.1) is 11.8 Å². The van der Waals surface area contributed by atoms with Crippen LogP contribution in [0.25, 0.3) is 0 Å². The van der Waals surface area contributed by atoms with E-state index in [1.165, 1.54) is 0 Å². The number of benzene rings is 3. The number of carbonyl (C=O) groups is 2. The Hall–Kier alpha value is -2.76. The van der Waals surface area contributed by atoms with Crippen molar-refractivity contribution >= 4 is 35.2 Å². The average Bonchev–Trinajstić information content (AvgIpc) is 2.86. The molecule has 1 N–H and O–H groups in total. The molecule has 0 bridgehead atoms. The van der Waals surface area contributed by atoms with E-state index in [4.69, 9.17) is 11.6 Å². The van der Waals surface area contributed by atoms with Crippen molar-refractivity contribution in [3.63, 3.8) is 0 Å². The first-order valence-electron chi connectivity index (χ1n) is 11.5. The molecule has 3 rings (SSSR count). The summed E-state index contributed by atoms with van der Waals surface area (Å²) in [6.07, 6.45) is 1.58. The van der Waals surface area contributed by atoms with E-state index in [-0.39, 0.29) is 11.8 Å². The van der Waals surface area contributed by atoms with Gasteiger partial charge in [0.15, 0.2) is 0 Å². The first-order chi connectivity index (χ1) is 16.5. The summed E-state index contributed by atoms with van der Waals surface area (Å²) in [5.74, 6) is 0.653. The molecule has 0 unspecified atom stereocenters. The Balaban J connectivity index is 1.75. The molecule has 0 aliphatic heterocycles. The molecule has 0 aliphatic carbocycles. The van der Waals surface area contributed by atoms with Gasteiger partial charge in [0.1, 0.15) is 6.04 Å². The van der Waals surface area contributed by atoms with Gasteiger partial charge in [-0.2, -0.15) is 0 Å². The zero-order chi connectivity index (χ0) is 24.3. The molecule has 34 heavy (non-hydrogen) atoms. The normalized spacial score (nSPS) is 11.6. The first-order valence-corrected chi connectivity index (χ1v) is 12.8. The number of aryl methyl sites for hydroxylation is 1. The molecular formula is C28H31ClN2O2S. The van der Waals surface area contributed by atoms with Crippen LogP contribution < -0.4 is 5.32 Å². The summed E-state index contributed by atoms with van der Waals surface area (Å²) in [7, 11) is 1.62. The molecular weight excluding hydrogens is 464 g/mol. The van der Waals surface area contributed by atoms with Crippen LogP contribution in [-0.4, -0.2) is 35.6 Å². The predicted octanol–water partition coefficient (Wildman–Crippen LogP) is 5.91. The van der Waals surface area contributed by atoms with Crippen molar-refractivity contribution in [2.45, 2.75) is 43.7 Å². The SMILES string of the molecule is CNC(=O)[C@H](Cc1ccccc1)N(Cc1ccccc1C)C(=O)CCCSc1ccc(Cl)cc1. The number of rotatable bonds is 11. The highest BCUT2D eigenvalue weighted by Crippen LogP contribution is 2.23. The minimum atomic E-state index is -0.580. The summed E-state index contributed by atoms with van der Waals surface area (Å²) in [5, 5.41) is 3.48. The number of likely N-dealkylation sites (N-methyl/N-ethyl adjacent to an activating group) is 1. The van der Waals surface area contributed by atoms with Crippen LogP contribution in [0.15, 0.2) is 83.8 Å². The summed E-state index contributed by atoms with van der Waals surface area (Å²) in [5.41, 5.74) is 3.18. The standard InChI is InChI=1S/C28H31ClN2O2S/c1-21-9-6-7-12-23(21)20-31(26(28(33)30-2)19-22-10-4-3-5-11-22)27(32)13-8-18-34-25-16-14-24(29)15-17-25/h3-7,9-12,14-17,26H,8,13,18-20H2,1-2H3,(H,30,33)/t26-/m0/s1. The number of nitrogens with one attached hydrogen (secondary N) is 1. The summed E-state index contributed by atoms with van der Waals surface area (Å²) in [6, 6.07) is 25.0. The van der Waals surface area contributed by atoms with Crippen LogP contribution in [0.4, 0.5) is 0 Å². The van der Waals surface area contributed by atoms with Crippen molar-refractivity contribution in [2.75, 3.05) is 12.8 Å². The molecule has 0 spiro atoms. The number of thioether (sulfide) groups is 1. The van der Waals surface area contributed by atoms with E-state index in [9.17, 15) is 9.59 Å². The van der Waals surface area contributed by atoms with E-state index >= 15 is 0 Å². The molecule has 0 heterocycles. The lowest BCUT2D eigenvalue weighted by Crippen LogP contribution is -2.49. The molecule has 1 atom stereocenters. The zero-order valence-electron chi connectivity index (χ0n) is 19.7. The van der Waals surface area contributed by atoms with E-state index in [0.717, 1.165) is 33.8 Å². The van der Waals surface area contributed by atoms with E-state index in [1.54, 1.807) is 23.7 Å². The van der Waals surface area contributed by atoms with Crippen LogP contribution in [-0.2, 0) is 22.6 Å². The minimum Gasteiger partial charge on any atom is -0.357 e. The van der Waals surface area contributed by atoms with Gasteiger partial charge in [-0.1, -0.05) is 66.2 Å². The number of amides is 2. The maximum Gasteiger partial charge on any atom is 0.242 e. The highest BCUT2D eigenvalue weighted by atomic mass is 35.5. The molecule has 3 aromatic carbocycles. The molecule has 3 aromatic rings. The largest absolute Gasteiger partial charge is 0.357 e. The van der Waals surface area contributed by atoms with E-state index in [0.29, 0.717) is 24.4 Å². The Morgan fingerprint density at radius 1 is 0.971 bits per heavy atom. The topological polar surface area (TPSA) is 49.4 Å². The summed E-state index contributed by atoms with van der Waals surface area (Å²) in [6.45, 7) is 2.44. The van der Waals surface area contributed by atoms with Gasteiger partial charge in [0.05, 0.1) is 0 Å².